The van der Waals surface area contributed by atoms with Crippen LogP contribution in [0.25, 0.3) is 10.9 Å². The lowest BCUT2D eigenvalue weighted by atomic mass is 10.1. The summed E-state index contributed by atoms with van der Waals surface area (Å²) in [6.45, 7) is 6.59. The Bertz CT molecular complexity index is 537. The molecule has 3 heteroatoms. The number of piperazine rings is 1. The van der Waals surface area contributed by atoms with Crippen LogP contribution < -0.4 is 10.2 Å². The van der Waals surface area contributed by atoms with E-state index in [0.717, 1.165) is 18.6 Å². The highest BCUT2D eigenvalue weighted by atomic mass is 15.2. The molecule has 0 amide bonds. The molecule has 0 bridgehead atoms. The van der Waals surface area contributed by atoms with Crippen LogP contribution in [0.2, 0.25) is 0 Å². The summed E-state index contributed by atoms with van der Waals surface area (Å²) in [6.07, 6.45) is 1.86. The van der Waals surface area contributed by atoms with Crippen molar-refractivity contribution in [3.63, 3.8) is 0 Å². The maximum Gasteiger partial charge on any atom is 0.0722 e. The van der Waals surface area contributed by atoms with Crippen LogP contribution in [-0.4, -0.2) is 30.2 Å². The van der Waals surface area contributed by atoms with Gasteiger partial charge in [-0.2, -0.15) is 0 Å². The summed E-state index contributed by atoms with van der Waals surface area (Å²) in [5.74, 6) is 0. The van der Waals surface area contributed by atoms with Crippen molar-refractivity contribution in [2.45, 2.75) is 25.9 Å². The molecular formula is C15H19N3. The molecule has 3 rings (SSSR count). The topological polar surface area (TPSA) is 28.2 Å². The normalized spacial score (nSPS) is 24.4. The fourth-order valence-corrected chi connectivity index (χ4v) is 2.89. The number of hydrogen-bond acceptors (Lipinski definition) is 3. The van der Waals surface area contributed by atoms with Crippen molar-refractivity contribution in [1.82, 2.24) is 10.3 Å². The number of rotatable bonds is 1. The predicted octanol–water partition coefficient (Wildman–Crippen LogP) is 2.42. The standard InChI is InChI=1S/C15H19N3/c1-11-9-18(10-12(2)17-11)15-7-3-6-14-13(15)5-4-8-16-14/h3-8,11-12,17H,9-10H2,1-2H3. The first-order valence-electron chi connectivity index (χ1n) is 6.59. The summed E-state index contributed by atoms with van der Waals surface area (Å²) in [5, 5.41) is 4.82. The minimum Gasteiger partial charge on any atom is -0.368 e. The molecule has 18 heavy (non-hydrogen) atoms. The molecule has 0 saturated carbocycles. The lowest BCUT2D eigenvalue weighted by Crippen LogP contribution is -2.54. The summed E-state index contributed by atoms with van der Waals surface area (Å²) < 4.78 is 0. The lowest BCUT2D eigenvalue weighted by Gasteiger charge is -2.38. The first-order chi connectivity index (χ1) is 8.74. The van der Waals surface area contributed by atoms with E-state index in [2.05, 4.69) is 53.3 Å². The van der Waals surface area contributed by atoms with Gasteiger partial charge < -0.3 is 10.2 Å². The van der Waals surface area contributed by atoms with Crippen LogP contribution in [0.4, 0.5) is 5.69 Å². The van der Waals surface area contributed by atoms with Crippen molar-refractivity contribution < 1.29 is 0 Å². The first kappa shape index (κ1) is 11.5. The molecule has 3 nitrogen and oxygen atoms in total. The smallest absolute Gasteiger partial charge is 0.0722 e. The average molecular weight is 241 g/mol. The maximum atomic E-state index is 4.43. The van der Waals surface area contributed by atoms with Crippen LogP contribution in [-0.2, 0) is 0 Å². The second-order valence-electron chi connectivity index (χ2n) is 5.22. The fourth-order valence-electron chi connectivity index (χ4n) is 2.89. The Hall–Kier alpha value is -1.61. The molecule has 1 aromatic heterocycles. The minimum atomic E-state index is 0.528. The molecule has 0 radical (unpaired) electrons. The molecule has 2 heterocycles. The van der Waals surface area contributed by atoms with Crippen molar-refractivity contribution in [1.29, 1.82) is 0 Å². The van der Waals surface area contributed by atoms with Gasteiger partial charge in [0.2, 0.25) is 0 Å². The third kappa shape index (κ3) is 2.06. The predicted molar refractivity (Wildman–Crippen MR) is 76.0 cm³/mol. The van der Waals surface area contributed by atoms with Crippen molar-refractivity contribution >= 4 is 16.6 Å². The van der Waals surface area contributed by atoms with Gasteiger partial charge in [0.05, 0.1) is 5.52 Å². The molecule has 1 aromatic carbocycles. The van der Waals surface area contributed by atoms with Crippen LogP contribution in [0, 0.1) is 0 Å². The molecule has 2 aromatic rings. The molecule has 1 aliphatic rings. The van der Waals surface area contributed by atoms with Gasteiger partial charge in [0.15, 0.2) is 0 Å². The van der Waals surface area contributed by atoms with Crippen LogP contribution in [0.3, 0.4) is 0 Å². The Kier molecular flexibility index (Phi) is 2.92. The van der Waals surface area contributed by atoms with Gasteiger partial charge in [-0.1, -0.05) is 6.07 Å². The lowest BCUT2D eigenvalue weighted by molar-refractivity contribution is 0.407. The highest BCUT2D eigenvalue weighted by molar-refractivity contribution is 5.91. The number of hydrogen-bond donors (Lipinski definition) is 1. The van der Waals surface area contributed by atoms with Gasteiger partial charge in [-0.25, -0.2) is 0 Å². The second-order valence-corrected chi connectivity index (χ2v) is 5.22. The van der Waals surface area contributed by atoms with E-state index in [1.165, 1.54) is 11.1 Å². The molecule has 94 valence electrons. The van der Waals surface area contributed by atoms with Crippen molar-refractivity contribution in [2.24, 2.45) is 0 Å². The number of benzene rings is 1. The van der Waals surface area contributed by atoms with E-state index in [1.54, 1.807) is 0 Å². The Balaban J connectivity index is 2.03. The Morgan fingerprint density at radius 3 is 2.67 bits per heavy atom. The van der Waals surface area contributed by atoms with Crippen molar-refractivity contribution in [3.05, 3.63) is 36.5 Å². The molecule has 1 saturated heterocycles. The van der Waals surface area contributed by atoms with Crippen LogP contribution >= 0.6 is 0 Å². The van der Waals surface area contributed by atoms with Gasteiger partial charge >= 0.3 is 0 Å². The van der Waals surface area contributed by atoms with Gasteiger partial charge in [-0.15, -0.1) is 0 Å². The van der Waals surface area contributed by atoms with Crippen molar-refractivity contribution in [3.8, 4) is 0 Å². The van der Waals surface area contributed by atoms with Gasteiger partial charge in [0.1, 0.15) is 0 Å². The summed E-state index contributed by atoms with van der Waals surface area (Å²) in [7, 11) is 0. The zero-order chi connectivity index (χ0) is 12.5. The number of anilines is 1. The molecule has 2 unspecified atom stereocenters. The first-order valence-corrected chi connectivity index (χ1v) is 6.59. The largest absolute Gasteiger partial charge is 0.368 e. The minimum absolute atomic E-state index is 0.528. The summed E-state index contributed by atoms with van der Waals surface area (Å²) in [6, 6.07) is 11.6. The number of fused-ring (bicyclic) bond motifs is 1. The SMILES string of the molecule is CC1CN(c2cccc3ncccc23)CC(C)N1. The number of aromatic nitrogens is 1. The van der Waals surface area contributed by atoms with Gasteiger partial charge in [-0.05, 0) is 38.1 Å². The van der Waals surface area contributed by atoms with Crippen LogP contribution in [0.1, 0.15) is 13.8 Å². The van der Waals surface area contributed by atoms with E-state index >= 15 is 0 Å². The molecule has 1 aliphatic heterocycles. The number of nitrogens with one attached hydrogen (secondary N) is 1. The summed E-state index contributed by atoms with van der Waals surface area (Å²) >= 11 is 0. The highest BCUT2D eigenvalue weighted by Gasteiger charge is 2.22. The number of nitrogens with zero attached hydrogens (tertiary/aromatic N) is 2. The van der Waals surface area contributed by atoms with Crippen LogP contribution in [0.15, 0.2) is 36.5 Å². The third-order valence-corrected chi connectivity index (χ3v) is 3.52. The van der Waals surface area contributed by atoms with E-state index in [1.807, 2.05) is 12.3 Å². The number of pyridine rings is 1. The van der Waals surface area contributed by atoms with Gasteiger partial charge in [0, 0.05) is 42.4 Å². The molecule has 1 N–H and O–H groups in total. The average Bonchev–Trinajstić information content (AvgIpc) is 2.37. The quantitative estimate of drug-likeness (QED) is 0.831. The monoisotopic (exact) mass is 241 g/mol. The Labute approximate surface area is 108 Å². The second kappa shape index (κ2) is 4.58. The van der Waals surface area contributed by atoms with E-state index < -0.39 is 0 Å². The molecule has 1 fully saturated rings. The van der Waals surface area contributed by atoms with Gasteiger partial charge in [-0.3, -0.25) is 4.98 Å². The van der Waals surface area contributed by atoms with Crippen LogP contribution in [0.5, 0.6) is 0 Å². The van der Waals surface area contributed by atoms with Gasteiger partial charge in [0.25, 0.3) is 0 Å². The Morgan fingerprint density at radius 2 is 1.89 bits per heavy atom. The summed E-state index contributed by atoms with van der Waals surface area (Å²) in [5.41, 5.74) is 2.38. The van der Waals surface area contributed by atoms with Crippen molar-refractivity contribution in [2.75, 3.05) is 18.0 Å². The zero-order valence-corrected chi connectivity index (χ0v) is 10.9. The highest BCUT2D eigenvalue weighted by Crippen LogP contribution is 2.26. The van der Waals surface area contributed by atoms with E-state index in [4.69, 9.17) is 0 Å². The summed E-state index contributed by atoms with van der Waals surface area (Å²) in [4.78, 5) is 6.90. The molecular weight excluding hydrogens is 222 g/mol. The third-order valence-electron chi connectivity index (χ3n) is 3.52. The van der Waals surface area contributed by atoms with E-state index in [0.29, 0.717) is 12.1 Å². The maximum absolute atomic E-state index is 4.43. The Morgan fingerprint density at radius 1 is 1.11 bits per heavy atom. The van der Waals surface area contributed by atoms with E-state index in [9.17, 15) is 0 Å². The fraction of sp³-hybridized carbons (Fsp3) is 0.400. The molecule has 0 aliphatic carbocycles. The van der Waals surface area contributed by atoms with E-state index in [-0.39, 0.29) is 0 Å². The molecule has 2 atom stereocenters. The molecule has 0 spiro atoms. The zero-order valence-electron chi connectivity index (χ0n) is 10.9.